The summed E-state index contributed by atoms with van der Waals surface area (Å²) in [5, 5.41) is 3.82. The van der Waals surface area contributed by atoms with Crippen molar-refractivity contribution in [3.8, 4) is 5.69 Å². The molecule has 2 rings (SSSR count). The van der Waals surface area contributed by atoms with E-state index in [1.165, 1.54) is 18.2 Å². The first kappa shape index (κ1) is 12.3. The van der Waals surface area contributed by atoms with Crippen molar-refractivity contribution in [2.24, 2.45) is 0 Å². The van der Waals surface area contributed by atoms with Crippen molar-refractivity contribution in [3.05, 3.63) is 41.4 Å². The van der Waals surface area contributed by atoms with Gasteiger partial charge in [-0.3, -0.25) is 0 Å². The van der Waals surface area contributed by atoms with E-state index in [9.17, 15) is 12.8 Å². The molecule has 0 saturated carbocycles. The molecule has 0 bridgehead atoms. The molecule has 0 aliphatic heterocycles. The zero-order chi connectivity index (χ0) is 12.6. The molecule has 0 spiro atoms. The molecule has 1 aromatic heterocycles. The van der Waals surface area contributed by atoms with E-state index < -0.39 is 14.9 Å². The van der Waals surface area contributed by atoms with Crippen LogP contribution < -0.4 is 0 Å². The molecule has 0 amide bonds. The highest BCUT2D eigenvalue weighted by molar-refractivity contribution is 8.13. The summed E-state index contributed by atoms with van der Waals surface area (Å²) < 4.78 is 36.6. The molecular weight excluding hydrogens is 290 g/mol. The van der Waals surface area contributed by atoms with E-state index in [0.29, 0.717) is 0 Å². The Bertz CT molecular complexity index is 649. The van der Waals surface area contributed by atoms with Gasteiger partial charge >= 0.3 is 0 Å². The van der Waals surface area contributed by atoms with Gasteiger partial charge in [-0.15, -0.1) is 0 Å². The van der Waals surface area contributed by atoms with E-state index in [1.807, 2.05) is 0 Å². The first-order valence-corrected chi connectivity index (χ1v) is 7.02. The lowest BCUT2D eigenvalue weighted by atomic mass is 10.3. The van der Waals surface area contributed by atoms with Crippen LogP contribution >= 0.6 is 22.3 Å². The maximum absolute atomic E-state index is 13.5. The molecule has 0 saturated heterocycles. The Labute approximate surface area is 106 Å². The van der Waals surface area contributed by atoms with E-state index in [0.717, 1.165) is 17.1 Å². The molecule has 8 heteroatoms. The molecule has 0 aliphatic rings. The number of hydrogen-bond donors (Lipinski definition) is 0. The molecule has 0 fully saturated rings. The third-order valence-electron chi connectivity index (χ3n) is 2.01. The maximum Gasteiger partial charge on any atom is 0.264 e. The van der Waals surface area contributed by atoms with Crippen molar-refractivity contribution in [1.29, 1.82) is 0 Å². The van der Waals surface area contributed by atoms with Crippen LogP contribution in [0.2, 0.25) is 5.02 Å². The highest BCUT2D eigenvalue weighted by Gasteiger charge is 2.16. The molecule has 4 nitrogen and oxygen atoms in total. The quantitative estimate of drug-likeness (QED) is 0.800. The van der Waals surface area contributed by atoms with Gasteiger partial charge in [-0.1, -0.05) is 17.7 Å². The average Bonchev–Trinajstić information content (AvgIpc) is 2.65. The molecule has 0 atom stereocenters. The van der Waals surface area contributed by atoms with E-state index in [1.54, 1.807) is 0 Å². The molecule has 1 heterocycles. The number of rotatable bonds is 2. The Hall–Kier alpha value is -1.11. The first-order valence-electron chi connectivity index (χ1n) is 4.33. The average molecular weight is 295 g/mol. The molecule has 90 valence electrons. The summed E-state index contributed by atoms with van der Waals surface area (Å²) in [5.74, 6) is -0.612. The standard InChI is InChI=1S/C9H5Cl2FN2O2S/c10-7-2-1-3-8(12)9(7)14-5-6(4-13-14)17(11,15)16/h1-5H. The summed E-state index contributed by atoms with van der Waals surface area (Å²) in [6.45, 7) is 0. The molecule has 0 radical (unpaired) electrons. The van der Waals surface area contributed by atoms with Gasteiger partial charge in [0.25, 0.3) is 9.05 Å². The smallest absolute Gasteiger partial charge is 0.235 e. The Morgan fingerprint density at radius 1 is 1.35 bits per heavy atom. The van der Waals surface area contributed by atoms with Gasteiger partial charge in [0.15, 0.2) is 0 Å². The summed E-state index contributed by atoms with van der Waals surface area (Å²) in [4.78, 5) is -0.224. The summed E-state index contributed by atoms with van der Waals surface area (Å²) >= 11 is 5.80. The zero-order valence-corrected chi connectivity index (χ0v) is 10.5. The fourth-order valence-electron chi connectivity index (χ4n) is 1.26. The number of hydrogen-bond acceptors (Lipinski definition) is 3. The minimum atomic E-state index is -3.89. The molecule has 1 aromatic carbocycles. The van der Waals surface area contributed by atoms with Crippen LogP contribution in [0.3, 0.4) is 0 Å². The van der Waals surface area contributed by atoms with Crippen molar-refractivity contribution in [1.82, 2.24) is 9.78 Å². The van der Waals surface area contributed by atoms with E-state index in [2.05, 4.69) is 5.10 Å². The second-order valence-electron chi connectivity index (χ2n) is 3.13. The summed E-state index contributed by atoms with van der Waals surface area (Å²) in [6.07, 6.45) is 2.11. The van der Waals surface area contributed by atoms with Crippen molar-refractivity contribution < 1.29 is 12.8 Å². The Kier molecular flexibility index (Phi) is 3.11. The van der Waals surface area contributed by atoms with Crippen molar-refractivity contribution in [2.75, 3.05) is 0 Å². The van der Waals surface area contributed by atoms with Crippen molar-refractivity contribution in [2.45, 2.75) is 4.90 Å². The van der Waals surface area contributed by atoms with Gasteiger partial charge in [0.2, 0.25) is 0 Å². The number of benzene rings is 1. The predicted molar refractivity (Wildman–Crippen MR) is 61.6 cm³/mol. The zero-order valence-electron chi connectivity index (χ0n) is 8.14. The van der Waals surface area contributed by atoms with Gasteiger partial charge in [-0.25, -0.2) is 17.5 Å². The maximum atomic E-state index is 13.5. The molecule has 17 heavy (non-hydrogen) atoms. The topological polar surface area (TPSA) is 52.0 Å². The highest BCUT2D eigenvalue weighted by Crippen LogP contribution is 2.24. The fourth-order valence-corrected chi connectivity index (χ4v) is 2.15. The lowest BCUT2D eigenvalue weighted by molar-refractivity contribution is 0.607. The fraction of sp³-hybridized carbons (Fsp3) is 0. The van der Waals surface area contributed by atoms with Gasteiger partial charge in [0.05, 0.1) is 17.4 Å². The molecule has 0 N–H and O–H groups in total. The van der Waals surface area contributed by atoms with Crippen LogP contribution in [0.1, 0.15) is 0 Å². The second kappa shape index (κ2) is 4.29. The molecule has 0 aliphatic carbocycles. The van der Waals surface area contributed by atoms with Crippen molar-refractivity contribution in [3.63, 3.8) is 0 Å². The SMILES string of the molecule is O=S(=O)(Cl)c1cnn(-c2c(F)cccc2Cl)c1. The summed E-state index contributed by atoms with van der Waals surface area (Å²) in [5.41, 5.74) is -0.0271. The van der Waals surface area contributed by atoms with Crippen LogP contribution in [0.4, 0.5) is 4.39 Å². The lowest BCUT2D eigenvalue weighted by Gasteiger charge is -2.04. The van der Waals surface area contributed by atoms with Gasteiger partial charge in [-0.05, 0) is 12.1 Å². The van der Waals surface area contributed by atoms with Crippen molar-refractivity contribution >= 4 is 31.3 Å². The monoisotopic (exact) mass is 294 g/mol. The predicted octanol–water partition coefficient (Wildman–Crippen LogP) is 2.59. The first-order chi connectivity index (χ1) is 7.89. The molecular formula is C9H5Cl2FN2O2S. The molecule has 0 unspecified atom stereocenters. The van der Waals surface area contributed by atoms with Gasteiger partial charge < -0.3 is 0 Å². The Balaban J connectivity index is 2.59. The summed E-state index contributed by atoms with van der Waals surface area (Å²) in [7, 11) is 1.24. The minimum absolute atomic E-state index is 0.0271. The van der Waals surface area contributed by atoms with Crippen LogP contribution in [0.5, 0.6) is 0 Å². The Morgan fingerprint density at radius 2 is 2.06 bits per heavy atom. The van der Waals surface area contributed by atoms with Gasteiger partial charge in [-0.2, -0.15) is 5.10 Å². The van der Waals surface area contributed by atoms with E-state index >= 15 is 0 Å². The number of nitrogens with zero attached hydrogens (tertiary/aromatic N) is 2. The highest BCUT2D eigenvalue weighted by atomic mass is 35.7. The largest absolute Gasteiger partial charge is 0.264 e. The number of halogens is 3. The van der Waals surface area contributed by atoms with E-state index in [4.69, 9.17) is 22.3 Å². The third kappa shape index (κ3) is 2.43. The third-order valence-corrected chi connectivity index (χ3v) is 3.62. The second-order valence-corrected chi connectivity index (χ2v) is 6.10. The lowest BCUT2D eigenvalue weighted by Crippen LogP contribution is -1.99. The van der Waals surface area contributed by atoms with Crippen LogP contribution in [0, 0.1) is 5.82 Å². The van der Waals surface area contributed by atoms with Crippen LogP contribution in [-0.4, -0.2) is 18.2 Å². The van der Waals surface area contributed by atoms with Gasteiger partial charge in [0.1, 0.15) is 16.4 Å². The number of para-hydroxylation sites is 1. The summed E-state index contributed by atoms with van der Waals surface area (Å²) in [6, 6.07) is 4.10. The Morgan fingerprint density at radius 3 is 2.59 bits per heavy atom. The minimum Gasteiger partial charge on any atom is -0.235 e. The van der Waals surface area contributed by atoms with Crippen LogP contribution in [0.25, 0.3) is 5.69 Å². The van der Waals surface area contributed by atoms with Crippen LogP contribution in [0.15, 0.2) is 35.5 Å². The van der Waals surface area contributed by atoms with Crippen LogP contribution in [-0.2, 0) is 9.05 Å². The molecule has 2 aromatic rings. The van der Waals surface area contributed by atoms with Gasteiger partial charge in [0, 0.05) is 10.7 Å². The van der Waals surface area contributed by atoms with E-state index in [-0.39, 0.29) is 15.6 Å². The number of aromatic nitrogens is 2. The normalized spacial score (nSPS) is 11.7.